The molecule has 9 heavy (non-hydrogen) atoms. The predicted octanol–water partition coefficient (Wildman–Crippen LogP) is 0.832. The zero-order valence-electron chi connectivity index (χ0n) is 5.42. The normalized spacial score (nSPS) is 25.0. The Morgan fingerprint density at radius 2 is 2.67 bits per heavy atom. The highest BCUT2D eigenvalue weighted by atomic mass is 16.1. The van der Waals surface area contributed by atoms with E-state index in [0.717, 1.165) is 5.57 Å². The van der Waals surface area contributed by atoms with Crippen LogP contribution in [0.25, 0.3) is 0 Å². The standard InChI is InChI=1S/C7H9NO/c1-5-3-8-4-7(5)6(2)9/h4,7H,1,3H2,2H3. The molecule has 1 aliphatic rings. The summed E-state index contributed by atoms with van der Waals surface area (Å²) in [6.45, 7) is 5.90. The number of nitrogens with zero attached hydrogens (tertiary/aromatic N) is 1. The monoisotopic (exact) mass is 123 g/mol. The lowest BCUT2D eigenvalue weighted by atomic mass is 10.0. The number of carbonyl (C=O) groups is 1. The molecule has 0 aromatic carbocycles. The van der Waals surface area contributed by atoms with Crippen LogP contribution in [0, 0.1) is 5.92 Å². The number of carbonyl (C=O) groups excluding carboxylic acids is 1. The van der Waals surface area contributed by atoms with Gasteiger partial charge in [0.1, 0.15) is 5.78 Å². The van der Waals surface area contributed by atoms with E-state index < -0.39 is 0 Å². The highest BCUT2D eigenvalue weighted by molar-refractivity contribution is 5.97. The van der Waals surface area contributed by atoms with Gasteiger partial charge in [0, 0.05) is 6.21 Å². The maximum Gasteiger partial charge on any atom is 0.142 e. The zero-order valence-corrected chi connectivity index (χ0v) is 5.42. The molecule has 0 saturated carbocycles. The molecule has 1 unspecified atom stereocenters. The highest BCUT2D eigenvalue weighted by Gasteiger charge is 2.18. The largest absolute Gasteiger partial charge is 0.299 e. The van der Waals surface area contributed by atoms with Gasteiger partial charge in [-0.1, -0.05) is 6.58 Å². The quantitative estimate of drug-likeness (QED) is 0.475. The summed E-state index contributed by atoms with van der Waals surface area (Å²) in [4.78, 5) is 14.6. The molecule has 1 rings (SSSR count). The van der Waals surface area contributed by atoms with Crippen molar-refractivity contribution in [3.8, 4) is 0 Å². The van der Waals surface area contributed by atoms with Gasteiger partial charge in [0.2, 0.25) is 0 Å². The Kier molecular flexibility index (Phi) is 1.47. The molecule has 0 saturated heterocycles. The Bertz CT molecular complexity index is 181. The van der Waals surface area contributed by atoms with Crippen LogP contribution in [-0.2, 0) is 4.79 Å². The number of ketones is 1. The third-order valence-corrected chi connectivity index (χ3v) is 1.43. The molecule has 0 N–H and O–H groups in total. The Labute approximate surface area is 54.3 Å². The summed E-state index contributed by atoms with van der Waals surface area (Å²) < 4.78 is 0. The van der Waals surface area contributed by atoms with Crippen molar-refractivity contribution in [3.05, 3.63) is 12.2 Å². The minimum Gasteiger partial charge on any atom is -0.299 e. The first-order chi connectivity index (χ1) is 4.22. The molecule has 0 radical (unpaired) electrons. The van der Waals surface area contributed by atoms with Crippen molar-refractivity contribution in [2.75, 3.05) is 6.54 Å². The van der Waals surface area contributed by atoms with Gasteiger partial charge in [-0.15, -0.1) is 0 Å². The van der Waals surface area contributed by atoms with Crippen LogP contribution in [0.1, 0.15) is 6.92 Å². The fourth-order valence-electron chi connectivity index (χ4n) is 0.872. The van der Waals surface area contributed by atoms with Gasteiger partial charge in [-0.05, 0) is 12.5 Å². The van der Waals surface area contributed by atoms with Crippen molar-refractivity contribution in [2.24, 2.45) is 10.9 Å². The van der Waals surface area contributed by atoms with Crippen LogP contribution in [-0.4, -0.2) is 18.5 Å². The summed E-state index contributed by atoms with van der Waals surface area (Å²) in [5, 5.41) is 0. The summed E-state index contributed by atoms with van der Waals surface area (Å²) in [7, 11) is 0. The third kappa shape index (κ3) is 1.07. The first kappa shape index (κ1) is 6.20. The molecule has 0 bridgehead atoms. The van der Waals surface area contributed by atoms with E-state index in [1.807, 2.05) is 0 Å². The van der Waals surface area contributed by atoms with Crippen molar-refractivity contribution in [1.82, 2.24) is 0 Å². The lowest BCUT2D eigenvalue weighted by molar-refractivity contribution is -0.117. The predicted molar refractivity (Wildman–Crippen MR) is 36.7 cm³/mol. The van der Waals surface area contributed by atoms with Gasteiger partial charge in [0.05, 0.1) is 12.5 Å². The van der Waals surface area contributed by atoms with Gasteiger partial charge in [0.25, 0.3) is 0 Å². The van der Waals surface area contributed by atoms with Gasteiger partial charge in [-0.2, -0.15) is 0 Å². The Morgan fingerprint density at radius 1 is 2.00 bits per heavy atom. The number of hydrogen-bond acceptors (Lipinski definition) is 2. The molecule has 48 valence electrons. The van der Waals surface area contributed by atoms with Crippen LogP contribution < -0.4 is 0 Å². The minimum absolute atomic E-state index is 0.0926. The van der Waals surface area contributed by atoms with Crippen LogP contribution in [0.3, 0.4) is 0 Å². The molecule has 1 aliphatic heterocycles. The number of Topliss-reactive ketones (excluding diaryl/α,β-unsaturated/α-hetero) is 1. The summed E-state index contributed by atoms with van der Waals surface area (Å²) in [6, 6.07) is 0. The molecule has 2 nitrogen and oxygen atoms in total. The van der Waals surface area contributed by atoms with E-state index in [0.29, 0.717) is 6.54 Å². The van der Waals surface area contributed by atoms with Crippen molar-refractivity contribution >= 4 is 12.0 Å². The first-order valence-corrected chi connectivity index (χ1v) is 2.90. The van der Waals surface area contributed by atoms with Crippen LogP contribution in [0.5, 0.6) is 0 Å². The molecule has 0 aliphatic carbocycles. The maximum absolute atomic E-state index is 10.7. The molecule has 2 heteroatoms. The SMILES string of the molecule is C=C1CN=CC1C(C)=O. The minimum atomic E-state index is -0.0926. The fourth-order valence-corrected chi connectivity index (χ4v) is 0.872. The van der Waals surface area contributed by atoms with E-state index >= 15 is 0 Å². The van der Waals surface area contributed by atoms with Crippen molar-refractivity contribution in [1.29, 1.82) is 0 Å². The number of hydrogen-bond donors (Lipinski definition) is 0. The summed E-state index contributed by atoms with van der Waals surface area (Å²) in [5.41, 5.74) is 0.919. The van der Waals surface area contributed by atoms with Crippen molar-refractivity contribution in [2.45, 2.75) is 6.92 Å². The number of aliphatic imine (C=N–C) groups is 1. The Morgan fingerprint density at radius 3 is 2.89 bits per heavy atom. The lowest BCUT2D eigenvalue weighted by Crippen LogP contribution is -2.10. The van der Waals surface area contributed by atoms with E-state index in [9.17, 15) is 4.79 Å². The average molecular weight is 123 g/mol. The second-order valence-electron chi connectivity index (χ2n) is 2.24. The molecular weight excluding hydrogens is 114 g/mol. The van der Waals surface area contributed by atoms with Gasteiger partial charge in [-0.3, -0.25) is 9.79 Å². The van der Waals surface area contributed by atoms with E-state index in [1.165, 1.54) is 0 Å². The van der Waals surface area contributed by atoms with Gasteiger partial charge in [-0.25, -0.2) is 0 Å². The van der Waals surface area contributed by atoms with Gasteiger partial charge >= 0.3 is 0 Å². The molecule has 0 fully saturated rings. The van der Waals surface area contributed by atoms with Gasteiger partial charge in [0.15, 0.2) is 0 Å². The van der Waals surface area contributed by atoms with E-state index in [1.54, 1.807) is 13.1 Å². The summed E-state index contributed by atoms with van der Waals surface area (Å²) in [6.07, 6.45) is 1.67. The summed E-state index contributed by atoms with van der Waals surface area (Å²) in [5.74, 6) is 0.0475. The van der Waals surface area contributed by atoms with E-state index in [4.69, 9.17) is 0 Å². The highest BCUT2D eigenvalue weighted by Crippen LogP contribution is 2.13. The second kappa shape index (κ2) is 2.13. The molecular formula is C7H9NO. The average Bonchev–Trinajstić information content (AvgIpc) is 2.13. The van der Waals surface area contributed by atoms with Crippen LogP contribution in [0.4, 0.5) is 0 Å². The van der Waals surface area contributed by atoms with E-state index in [2.05, 4.69) is 11.6 Å². The topological polar surface area (TPSA) is 29.4 Å². The van der Waals surface area contributed by atoms with Crippen LogP contribution >= 0.6 is 0 Å². The fraction of sp³-hybridized carbons (Fsp3) is 0.429. The Hall–Kier alpha value is -0.920. The first-order valence-electron chi connectivity index (χ1n) is 2.90. The maximum atomic E-state index is 10.7. The number of rotatable bonds is 1. The molecule has 0 aromatic heterocycles. The zero-order chi connectivity index (χ0) is 6.85. The van der Waals surface area contributed by atoms with Crippen LogP contribution in [0.15, 0.2) is 17.1 Å². The molecule has 1 atom stereocenters. The molecule has 0 aromatic rings. The Balaban J connectivity index is 2.71. The molecule has 1 heterocycles. The van der Waals surface area contributed by atoms with Crippen LogP contribution in [0.2, 0.25) is 0 Å². The van der Waals surface area contributed by atoms with Crippen molar-refractivity contribution in [3.63, 3.8) is 0 Å². The lowest BCUT2D eigenvalue weighted by Gasteiger charge is -2.00. The molecule has 0 spiro atoms. The van der Waals surface area contributed by atoms with Crippen molar-refractivity contribution < 1.29 is 4.79 Å². The third-order valence-electron chi connectivity index (χ3n) is 1.43. The van der Waals surface area contributed by atoms with Gasteiger partial charge < -0.3 is 0 Å². The second-order valence-corrected chi connectivity index (χ2v) is 2.24. The molecule has 0 amide bonds. The summed E-state index contributed by atoms with van der Waals surface area (Å²) >= 11 is 0. The smallest absolute Gasteiger partial charge is 0.142 e. The van der Waals surface area contributed by atoms with E-state index in [-0.39, 0.29) is 11.7 Å².